The predicted octanol–water partition coefficient (Wildman–Crippen LogP) is -0.596. The third-order valence-electron chi connectivity index (χ3n) is 1.34. The van der Waals surface area contributed by atoms with Crippen molar-refractivity contribution in [3.8, 4) is 0 Å². The van der Waals surface area contributed by atoms with Gasteiger partial charge in [-0.1, -0.05) is 12.6 Å². The molecule has 0 unspecified atom stereocenters. The molecule has 0 aliphatic heterocycles. The van der Waals surface area contributed by atoms with E-state index in [1.165, 1.54) is 6.08 Å². The molecule has 0 aliphatic rings. The maximum absolute atomic E-state index is 8.80. The maximum Gasteiger partial charge on any atom is 0.490 e. The summed E-state index contributed by atoms with van der Waals surface area (Å²) in [7, 11) is -1.48. The van der Waals surface area contributed by atoms with Gasteiger partial charge in [0.25, 0.3) is 0 Å². The third-order valence-corrected chi connectivity index (χ3v) is 1.34. The van der Waals surface area contributed by atoms with Crippen molar-refractivity contribution in [2.75, 3.05) is 0 Å². The largest absolute Gasteiger partial charge is 0.490 e. The van der Waals surface area contributed by atoms with Gasteiger partial charge in [0.15, 0.2) is 0 Å². The van der Waals surface area contributed by atoms with E-state index in [0.29, 0.717) is 11.2 Å². The van der Waals surface area contributed by atoms with E-state index in [1.54, 1.807) is 18.3 Å². The zero-order valence-corrected chi connectivity index (χ0v) is 5.94. The van der Waals surface area contributed by atoms with E-state index in [2.05, 4.69) is 11.6 Å². The average Bonchev–Trinajstić information content (AvgIpc) is 2.04. The molecule has 0 saturated heterocycles. The second kappa shape index (κ2) is 3.32. The Labute approximate surface area is 65.2 Å². The molecule has 2 N–H and O–H groups in total. The fourth-order valence-corrected chi connectivity index (χ4v) is 0.819. The van der Waals surface area contributed by atoms with Crippen molar-refractivity contribution in [3.05, 3.63) is 30.6 Å². The first kappa shape index (κ1) is 7.98. The lowest BCUT2D eigenvalue weighted by molar-refractivity contribution is 0.425. The van der Waals surface area contributed by atoms with Crippen LogP contribution in [0.1, 0.15) is 5.69 Å². The molecule has 0 spiro atoms. The van der Waals surface area contributed by atoms with Gasteiger partial charge in [-0.3, -0.25) is 4.98 Å². The number of nitrogens with zero attached hydrogens (tertiary/aromatic N) is 1. The second-order valence-electron chi connectivity index (χ2n) is 2.06. The molecule has 0 saturated carbocycles. The summed E-state index contributed by atoms with van der Waals surface area (Å²) in [6.07, 6.45) is 3.05. The van der Waals surface area contributed by atoms with Crippen LogP contribution in [0.4, 0.5) is 0 Å². The van der Waals surface area contributed by atoms with Gasteiger partial charge in [-0.2, -0.15) is 0 Å². The molecule has 1 heterocycles. The monoisotopic (exact) mass is 149 g/mol. The minimum atomic E-state index is -1.48. The van der Waals surface area contributed by atoms with Gasteiger partial charge in [-0.05, 0) is 12.1 Å². The lowest BCUT2D eigenvalue weighted by atomic mass is 9.79. The summed E-state index contributed by atoms with van der Waals surface area (Å²) < 4.78 is 0. The quantitative estimate of drug-likeness (QED) is 0.552. The van der Waals surface area contributed by atoms with Crippen LogP contribution >= 0.6 is 0 Å². The van der Waals surface area contributed by atoms with Crippen LogP contribution in [-0.2, 0) is 0 Å². The van der Waals surface area contributed by atoms with E-state index < -0.39 is 7.12 Å². The molecular weight excluding hydrogens is 141 g/mol. The van der Waals surface area contributed by atoms with Crippen LogP contribution in [0.5, 0.6) is 0 Å². The summed E-state index contributed by atoms with van der Waals surface area (Å²) in [5.41, 5.74) is 0.880. The summed E-state index contributed by atoms with van der Waals surface area (Å²) in [5.74, 6) is 0. The Kier molecular flexibility index (Phi) is 2.41. The Hall–Kier alpha value is -1.13. The molecule has 56 valence electrons. The number of pyridine rings is 1. The van der Waals surface area contributed by atoms with Gasteiger partial charge in [0.05, 0.1) is 5.69 Å². The summed E-state index contributed by atoms with van der Waals surface area (Å²) in [5, 5.41) is 17.6. The Morgan fingerprint density at radius 1 is 1.55 bits per heavy atom. The topological polar surface area (TPSA) is 53.4 Å². The molecule has 0 atom stereocenters. The van der Waals surface area contributed by atoms with Crippen molar-refractivity contribution in [1.82, 2.24) is 4.98 Å². The van der Waals surface area contributed by atoms with Crippen LogP contribution in [-0.4, -0.2) is 22.2 Å². The molecule has 0 aromatic carbocycles. The second-order valence-corrected chi connectivity index (χ2v) is 2.06. The Balaban J connectivity index is 3.12. The molecule has 0 amide bonds. The summed E-state index contributed by atoms with van der Waals surface area (Å²) in [6, 6.07) is 3.23. The van der Waals surface area contributed by atoms with Crippen LogP contribution in [0.3, 0.4) is 0 Å². The highest BCUT2D eigenvalue weighted by Gasteiger charge is 2.13. The molecule has 0 fully saturated rings. The molecule has 1 aromatic rings. The van der Waals surface area contributed by atoms with Crippen LogP contribution in [0.25, 0.3) is 6.08 Å². The maximum atomic E-state index is 8.80. The lowest BCUT2D eigenvalue weighted by Gasteiger charge is -2.01. The molecule has 3 nitrogen and oxygen atoms in total. The fourth-order valence-electron chi connectivity index (χ4n) is 0.819. The molecule has 11 heavy (non-hydrogen) atoms. The van der Waals surface area contributed by atoms with Crippen molar-refractivity contribution in [3.63, 3.8) is 0 Å². The van der Waals surface area contributed by atoms with Gasteiger partial charge >= 0.3 is 7.12 Å². The molecule has 1 rings (SSSR count). The van der Waals surface area contributed by atoms with Crippen molar-refractivity contribution >= 4 is 18.7 Å². The Bertz CT molecular complexity index is 262. The number of hydrogen-bond donors (Lipinski definition) is 2. The van der Waals surface area contributed by atoms with Crippen molar-refractivity contribution in [2.45, 2.75) is 0 Å². The van der Waals surface area contributed by atoms with E-state index in [9.17, 15) is 0 Å². The molecule has 0 bridgehead atoms. The highest BCUT2D eigenvalue weighted by molar-refractivity contribution is 6.59. The van der Waals surface area contributed by atoms with E-state index >= 15 is 0 Å². The standard InChI is InChI=1S/C7H8BNO2/c1-2-7-6(8(10)11)4-3-5-9-7/h2-5,10-11H,1H2. The highest BCUT2D eigenvalue weighted by Crippen LogP contribution is 1.92. The predicted molar refractivity (Wildman–Crippen MR) is 44.2 cm³/mol. The van der Waals surface area contributed by atoms with Crippen LogP contribution in [0, 0.1) is 0 Å². The lowest BCUT2D eigenvalue weighted by Crippen LogP contribution is -2.32. The van der Waals surface area contributed by atoms with Crippen LogP contribution in [0.15, 0.2) is 24.9 Å². The van der Waals surface area contributed by atoms with E-state index in [0.717, 1.165) is 0 Å². The van der Waals surface area contributed by atoms with Crippen molar-refractivity contribution < 1.29 is 10.0 Å². The number of aromatic nitrogens is 1. The molecule has 1 aromatic heterocycles. The third kappa shape index (κ3) is 1.66. The highest BCUT2D eigenvalue weighted by atomic mass is 16.4. The SMILES string of the molecule is C=Cc1ncccc1B(O)O. The number of hydrogen-bond acceptors (Lipinski definition) is 3. The normalized spacial score (nSPS) is 9.27. The van der Waals surface area contributed by atoms with Crippen molar-refractivity contribution in [2.24, 2.45) is 0 Å². The zero-order valence-electron chi connectivity index (χ0n) is 5.94. The molecule has 0 radical (unpaired) electrons. The Morgan fingerprint density at radius 2 is 2.27 bits per heavy atom. The Morgan fingerprint density at radius 3 is 2.73 bits per heavy atom. The summed E-state index contributed by atoms with van der Waals surface area (Å²) >= 11 is 0. The summed E-state index contributed by atoms with van der Waals surface area (Å²) in [6.45, 7) is 3.49. The smallest absolute Gasteiger partial charge is 0.423 e. The minimum absolute atomic E-state index is 0.377. The summed E-state index contributed by atoms with van der Waals surface area (Å²) in [4.78, 5) is 3.88. The van der Waals surface area contributed by atoms with E-state index in [4.69, 9.17) is 10.0 Å². The first-order valence-corrected chi connectivity index (χ1v) is 3.19. The van der Waals surface area contributed by atoms with Gasteiger partial charge in [-0.15, -0.1) is 0 Å². The molecular formula is C7H8BNO2. The van der Waals surface area contributed by atoms with E-state index in [-0.39, 0.29) is 0 Å². The van der Waals surface area contributed by atoms with Gasteiger partial charge in [-0.25, -0.2) is 0 Å². The zero-order chi connectivity index (χ0) is 8.27. The first-order chi connectivity index (χ1) is 5.25. The van der Waals surface area contributed by atoms with Crippen molar-refractivity contribution in [1.29, 1.82) is 0 Å². The van der Waals surface area contributed by atoms with Crippen LogP contribution in [0.2, 0.25) is 0 Å². The van der Waals surface area contributed by atoms with Gasteiger partial charge in [0.1, 0.15) is 0 Å². The number of rotatable bonds is 2. The molecule has 4 heteroatoms. The average molecular weight is 149 g/mol. The fraction of sp³-hybridized carbons (Fsp3) is 0. The van der Waals surface area contributed by atoms with E-state index in [1.807, 2.05) is 0 Å². The van der Waals surface area contributed by atoms with Gasteiger partial charge in [0.2, 0.25) is 0 Å². The van der Waals surface area contributed by atoms with Crippen LogP contribution < -0.4 is 5.46 Å². The van der Waals surface area contributed by atoms with Gasteiger partial charge < -0.3 is 10.0 Å². The first-order valence-electron chi connectivity index (χ1n) is 3.19. The minimum Gasteiger partial charge on any atom is -0.423 e. The molecule has 0 aliphatic carbocycles. The van der Waals surface area contributed by atoms with Gasteiger partial charge in [0, 0.05) is 11.7 Å².